The number of nitrogens with zero attached hydrogens (tertiary/aromatic N) is 3. The summed E-state index contributed by atoms with van der Waals surface area (Å²) in [7, 11) is 1.74. The van der Waals surface area contributed by atoms with Gasteiger partial charge in [0, 0.05) is 31.9 Å². The number of aliphatic hydroxyl groups excluding tert-OH is 1. The van der Waals surface area contributed by atoms with E-state index in [9.17, 15) is 19.5 Å². The topological polar surface area (TPSA) is 81.2 Å². The molecule has 0 radical (unpaired) electrons. The van der Waals surface area contributed by atoms with E-state index in [1.165, 1.54) is 0 Å². The van der Waals surface area contributed by atoms with Crippen molar-refractivity contribution in [1.29, 1.82) is 0 Å². The zero-order valence-electron chi connectivity index (χ0n) is 21.1. The Morgan fingerprint density at radius 1 is 1.26 bits per heavy atom. The smallest absolute Gasteiger partial charge is 0.247 e. The Balaban J connectivity index is 2.05. The van der Waals surface area contributed by atoms with E-state index in [1.54, 1.807) is 47.7 Å². The van der Waals surface area contributed by atoms with E-state index in [4.69, 9.17) is 0 Å². The van der Waals surface area contributed by atoms with Crippen molar-refractivity contribution < 1.29 is 19.5 Å². The molecule has 0 aromatic carbocycles. The van der Waals surface area contributed by atoms with Crippen molar-refractivity contribution >= 4 is 29.5 Å². The number of likely N-dealkylation sites (N-methyl/N-ethyl adjacent to an activating group) is 1. The first kappa shape index (κ1) is 26.8. The Morgan fingerprint density at radius 2 is 1.94 bits per heavy atom. The summed E-state index contributed by atoms with van der Waals surface area (Å²) in [5.74, 6) is -1.22. The molecule has 34 heavy (non-hydrogen) atoms. The maximum absolute atomic E-state index is 14.2. The van der Waals surface area contributed by atoms with E-state index in [0.29, 0.717) is 19.6 Å². The zero-order chi connectivity index (χ0) is 25.2. The number of hydrogen-bond donors (Lipinski definition) is 1. The monoisotopic (exact) mass is 491 g/mol. The van der Waals surface area contributed by atoms with Gasteiger partial charge in [-0.1, -0.05) is 38.8 Å². The molecule has 7 atom stereocenters. The molecule has 0 aromatic rings. The highest BCUT2D eigenvalue weighted by Gasteiger charge is 2.76. The molecule has 3 heterocycles. The van der Waals surface area contributed by atoms with Crippen molar-refractivity contribution in [2.24, 2.45) is 17.8 Å². The van der Waals surface area contributed by atoms with E-state index >= 15 is 0 Å². The predicted octanol–water partition coefficient (Wildman–Crippen LogP) is 2.55. The Hall–Kier alpha value is -1.80. The fraction of sp³-hybridized carbons (Fsp3) is 0.731. The number of rotatable bonds is 12. The summed E-state index contributed by atoms with van der Waals surface area (Å²) in [6.07, 6.45) is 7.18. The maximum Gasteiger partial charge on any atom is 0.247 e. The van der Waals surface area contributed by atoms with Crippen LogP contribution in [0.25, 0.3) is 0 Å². The summed E-state index contributed by atoms with van der Waals surface area (Å²) in [5.41, 5.74) is 0. The number of unbranched alkanes of at least 4 members (excludes halogenated alkanes) is 2. The third kappa shape index (κ3) is 4.21. The number of fused-ring (bicyclic) bond motifs is 1. The van der Waals surface area contributed by atoms with Crippen LogP contribution in [0.1, 0.15) is 46.5 Å². The van der Waals surface area contributed by atoms with E-state index in [2.05, 4.69) is 27.0 Å². The quantitative estimate of drug-likeness (QED) is 0.335. The third-order valence-electron chi connectivity index (χ3n) is 7.91. The van der Waals surface area contributed by atoms with Gasteiger partial charge in [0.2, 0.25) is 17.7 Å². The molecular weight excluding hydrogens is 450 g/mol. The van der Waals surface area contributed by atoms with Crippen LogP contribution in [0, 0.1) is 17.8 Å². The van der Waals surface area contributed by atoms with Gasteiger partial charge in [-0.15, -0.1) is 24.9 Å². The minimum absolute atomic E-state index is 0.0125. The van der Waals surface area contributed by atoms with E-state index in [0.717, 1.165) is 25.7 Å². The SMILES string of the molecule is C=CCN(C)C(=O)[C@@H]1[C@H]2C(=O)N([C@H](C)CO)C(C(=O)N(CC=C)CCCCC)C23S[C@@H]1CC3C. The van der Waals surface area contributed by atoms with Gasteiger partial charge in [-0.3, -0.25) is 14.4 Å². The lowest BCUT2D eigenvalue weighted by Crippen LogP contribution is -2.59. The van der Waals surface area contributed by atoms with Crippen LogP contribution in [-0.2, 0) is 14.4 Å². The number of carbonyl (C=O) groups excluding carboxylic acids is 3. The molecule has 0 aliphatic carbocycles. The first-order chi connectivity index (χ1) is 16.2. The van der Waals surface area contributed by atoms with Crippen LogP contribution in [0.4, 0.5) is 0 Å². The van der Waals surface area contributed by atoms with Crippen LogP contribution in [-0.4, -0.2) is 92.9 Å². The van der Waals surface area contributed by atoms with Crippen LogP contribution in [0.5, 0.6) is 0 Å². The maximum atomic E-state index is 14.2. The van der Waals surface area contributed by atoms with Crippen molar-refractivity contribution in [3.63, 3.8) is 0 Å². The van der Waals surface area contributed by atoms with Crippen LogP contribution in [0.2, 0.25) is 0 Å². The molecule has 3 unspecified atom stereocenters. The normalized spacial score (nSPS) is 32.4. The van der Waals surface area contributed by atoms with Gasteiger partial charge in [0.05, 0.1) is 29.2 Å². The molecule has 3 fully saturated rings. The Kier molecular flexibility index (Phi) is 8.56. The number of thioether (sulfide) groups is 1. The highest BCUT2D eigenvalue weighted by molar-refractivity contribution is 8.02. The molecule has 0 saturated carbocycles. The first-order valence-corrected chi connectivity index (χ1v) is 13.4. The Bertz CT molecular complexity index is 820. The molecule has 8 heteroatoms. The highest BCUT2D eigenvalue weighted by atomic mass is 32.2. The van der Waals surface area contributed by atoms with Crippen molar-refractivity contribution in [3.8, 4) is 0 Å². The summed E-state index contributed by atoms with van der Waals surface area (Å²) in [5, 5.41) is 10.0. The zero-order valence-corrected chi connectivity index (χ0v) is 21.9. The molecule has 1 spiro atoms. The predicted molar refractivity (Wildman–Crippen MR) is 136 cm³/mol. The lowest BCUT2D eigenvalue weighted by atomic mass is 9.65. The molecule has 190 valence electrons. The van der Waals surface area contributed by atoms with Gasteiger partial charge in [0.1, 0.15) is 6.04 Å². The van der Waals surface area contributed by atoms with Gasteiger partial charge < -0.3 is 19.8 Å². The lowest BCUT2D eigenvalue weighted by molar-refractivity contribution is -0.146. The molecule has 3 aliphatic rings. The van der Waals surface area contributed by atoms with Gasteiger partial charge >= 0.3 is 0 Å². The van der Waals surface area contributed by atoms with Crippen molar-refractivity contribution in [2.45, 2.75) is 68.5 Å². The van der Waals surface area contributed by atoms with Crippen LogP contribution >= 0.6 is 11.8 Å². The molecule has 1 N–H and O–H groups in total. The molecule has 0 aromatic heterocycles. The van der Waals surface area contributed by atoms with Crippen molar-refractivity contribution in [2.75, 3.05) is 33.3 Å². The van der Waals surface area contributed by atoms with E-state index in [-0.39, 0.29) is 35.5 Å². The van der Waals surface area contributed by atoms with Crippen LogP contribution in [0.3, 0.4) is 0 Å². The largest absolute Gasteiger partial charge is 0.394 e. The molecule has 3 amide bonds. The molecule has 3 aliphatic heterocycles. The second kappa shape index (κ2) is 10.9. The number of hydrogen-bond acceptors (Lipinski definition) is 5. The molecular formula is C26H41N3O4S. The van der Waals surface area contributed by atoms with Gasteiger partial charge in [0.15, 0.2) is 0 Å². The fourth-order valence-electron chi connectivity index (χ4n) is 6.29. The van der Waals surface area contributed by atoms with E-state index < -0.39 is 28.7 Å². The Labute approximate surface area is 208 Å². The van der Waals surface area contributed by atoms with Crippen LogP contribution < -0.4 is 0 Å². The Morgan fingerprint density at radius 3 is 2.53 bits per heavy atom. The summed E-state index contributed by atoms with van der Waals surface area (Å²) < 4.78 is -0.665. The summed E-state index contributed by atoms with van der Waals surface area (Å²) >= 11 is 1.67. The first-order valence-electron chi connectivity index (χ1n) is 12.6. The summed E-state index contributed by atoms with van der Waals surface area (Å²) in [6, 6.07) is -1.20. The van der Waals surface area contributed by atoms with Gasteiger partial charge in [-0.25, -0.2) is 0 Å². The molecule has 3 rings (SSSR count). The molecule has 7 nitrogen and oxygen atoms in total. The van der Waals surface area contributed by atoms with Crippen molar-refractivity contribution in [3.05, 3.63) is 25.3 Å². The number of likely N-dealkylation sites (tertiary alicyclic amines) is 1. The third-order valence-corrected chi connectivity index (χ3v) is 9.99. The molecule has 3 saturated heterocycles. The molecule has 2 bridgehead atoms. The average Bonchev–Trinajstić information content (AvgIpc) is 3.41. The second-order valence-electron chi connectivity index (χ2n) is 10.1. The lowest BCUT2D eigenvalue weighted by Gasteiger charge is -2.41. The fourth-order valence-corrected chi connectivity index (χ4v) is 8.69. The van der Waals surface area contributed by atoms with Gasteiger partial charge in [-0.05, 0) is 25.7 Å². The summed E-state index contributed by atoms with van der Waals surface area (Å²) in [6.45, 7) is 14.8. The van der Waals surface area contributed by atoms with Gasteiger partial charge in [0.25, 0.3) is 0 Å². The number of carbonyl (C=O) groups is 3. The summed E-state index contributed by atoms with van der Waals surface area (Å²) in [4.78, 5) is 46.7. The van der Waals surface area contributed by atoms with Crippen molar-refractivity contribution in [1.82, 2.24) is 14.7 Å². The average molecular weight is 492 g/mol. The minimum Gasteiger partial charge on any atom is -0.394 e. The van der Waals surface area contributed by atoms with E-state index in [1.807, 2.05) is 4.90 Å². The standard InChI is InChI=1S/C26H41N3O4S/c1-7-10-11-14-28(13-9-3)25(33)22-26-17(4)15-19(34-26)20(23(31)27(6)12-8-2)21(26)24(32)29(22)18(5)16-30/h8-9,17-22,30H,2-3,7,10-16H2,1,4-6H3/t17?,18-,19-,20+,21+,22?,26?/m1/s1. The van der Waals surface area contributed by atoms with Gasteiger partial charge in [-0.2, -0.15) is 0 Å². The second-order valence-corrected chi connectivity index (χ2v) is 11.7. The number of amides is 3. The minimum atomic E-state index is -0.693. The van der Waals surface area contributed by atoms with Crippen LogP contribution in [0.15, 0.2) is 25.3 Å². The number of aliphatic hydroxyl groups is 1. The highest BCUT2D eigenvalue weighted by Crippen LogP contribution is 2.69.